The van der Waals surface area contributed by atoms with Crippen molar-refractivity contribution in [1.29, 1.82) is 0 Å². The lowest BCUT2D eigenvalue weighted by molar-refractivity contribution is -0.280. The van der Waals surface area contributed by atoms with E-state index in [9.17, 15) is 27.9 Å². The number of carbonyl (C=O) groups excluding carboxylic acids is 2. The lowest BCUT2D eigenvalue weighted by Crippen LogP contribution is -2.56. The van der Waals surface area contributed by atoms with Gasteiger partial charge in [-0.2, -0.15) is 13.2 Å². The van der Waals surface area contributed by atoms with Gasteiger partial charge in [0.25, 0.3) is 5.91 Å². The van der Waals surface area contributed by atoms with Gasteiger partial charge in [0.1, 0.15) is 0 Å². The van der Waals surface area contributed by atoms with Gasteiger partial charge >= 0.3 is 12.1 Å². The fourth-order valence-electron chi connectivity index (χ4n) is 5.81. The Morgan fingerprint density at radius 2 is 1.89 bits per heavy atom. The zero-order chi connectivity index (χ0) is 27.1. The Kier molecular flexibility index (Phi) is 6.51. The highest BCUT2D eigenvalue weighted by Gasteiger charge is 2.61. The van der Waals surface area contributed by atoms with Gasteiger partial charge in [0.2, 0.25) is 0 Å². The van der Waals surface area contributed by atoms with E-state index in [2.05, 4.69) is 10.3 Å². The fourth-order valence-corrected chi connectivity index (χ4v) is 5.81. The van der Waals surface area contributed by atoms with Gasteiger partial charge in [0.05, 0.1) is 23.6 Å². The highest BCUT2D eigenvalue weighted by molar-refractivity contribution is 6.06. The normalized spacial score (nSPS) is 25.0. The van der Waals surface area contributed by atoms with Crippen LogP contribution in [-0.2, 0) is 16.6 Å². The van der Waals surface area contributed by atoms with E-state index >= 15 is 0 Å². The molecule has 5 rings (SSSR count). The number of rotatable bonds is 4. The monoisotopic (exact) mass is 524 g/mol. The van der Waals surface area contributed by atoms with Crippen LogP contribution in [0.15, 0.2) is 66.9 Å². The zero-order valence-corrected chi connectivity index (χ0v) is 20.7. The Morgan fingerprint density at radius 1 is 1.13 bits per heavy atom. The number of pyridine rings is 1. The summed E-state index contributed by atoms with van der Waals surface area (Å²) in [5.74, 6) is -1.94. The largest absolute Gasteiger partial charge is 0.462 e. The smallest absolute Gasteiger partial charge is 0.417 e. The number of nitrogens with zero attached hydrogens (tertiary/aromatic N) is 1. The molecule has 3 unspecified atom stereocenters. The molecule has 6 nitrogen and oxygen atoms in total. The number of hydrogen-bond acceptors (Lipinski definition) is 5. The lowest BCUT2D eigenvalue weighted by atomic mass is 9.56. The number of ether oxygens (including phenoxy) is 1. The minimum absolute atomic E-state index is 0.00731. The zero-order valence-electron chi connectivity index (χ0n) is 20.7. The number of halogens is 3. The number of alkyl halides is 3. The third-order valence-corrected chi connectivity index (χ3v) is 7.95. The first kappa shape index (κ1) is 25.9. The molecule has 1 aromatic heterocycles. The Hall–Kier alpha value is -3.72. The minimum atomic E-state index is -4.81. The fraction of sp³-hybridized carbons (Fsp3) is 0.345. The van der Waals surface area contributed by atoms with E-state index in [1.807, 2.05) is 30.3 Å². The maximum Gasteiger partial charge on any atom is 0.417 e. The molecule has 9 heteroatoms. The Labute approximate surface area is 217 Å². The summed E-state index contributed by atoms with van der Waals surface area (Å²) in [5.41, 5.74) is -0.841. The SMILES string of the molecule is Cc1ncccc1NC(=O)c1ccc2c(c1)C(=O)OCC1CC(O)(C(F)(F)F)CCC21Cc1ccccc1. The second-order valence-electron chi connectivity index (χ2n) is 10.2. The topological polar surface area (TPSA) is 88.5 Å². The third-order valence-electron chi connectivity index (χ3n) is 7.95. The maximum absolute atomic E-state index is 13.9. The number of esters is 1. The minimum Gasteiger partial charge on any atom is -0.462 e. The van der Waals surface area contributed by atoms with E-state index < -0.39 is 47.8 Å². The molecule has 2 N–H and O–H groups in total. The summed E-state index contributed by atoms with van der Waals surface area (Å²) in [4.78, 5) is 30.3. The second-order valence-corrected chi connectivity index (χ2v) is 10.2. The molecule has 198 valence electrons. The molecule has 2 heterocycles. The van der Waals surface area contributed by atoms with Crippen molar-refractivity contribution in [3.05, 3.63) is 94.8 Å². The highest BCUT2D eigenvalue weighted by atomic mass is 19.4. The maximum atomic E-state index is 13.9. The molecule has 2 aromatic carbocycles. The van der Waals surface area contributed by atoms with Crippen LogP contribution in [0.25, 0.3) is 0 Å². The van der Waals surface area contributed by atoms with Crippen LogP contribution in [0.3, 0.4) is 0 Å². The van der Waals surface area contributed by atoms with Crippen LogP contribution in [-0.4, -0.2) is 40.4 Å². The third kappa shape index (κ3) is 4.55. The summed E-state index contributed by atoms with van der Waals surface area (Å²) in [5, 5.41) is 13.4. The van der Waals surface area contributed by atoms with Crippen molar-refractivity contribution in [3.63, 3.8) is 0 Å². The van der Waals surface area contributed by atoms with Gasteiger partial charge in [-0.15, -0.1) is 0 Å². The molecule has 0 radical (unpaired) electrons. The molecule has 1 amide bonds. The van der Waals surface area contributed by atoms with Crippen LogP contribution < -0.4 is 5.32 Å². The number of aryl methyl sites for hydroxylation is 1. The number of benzene rings is 2. The molecule has 38 heavy (non-hydrogen) atoms. The van der Waals surface area contributed by atoms with Crippen LogP contribution in [0, 0.1) is 12.8 Å². The summed E-state index contributed by atoms with van der Waals surface area (Å²) in [6.45, 7) is 1.48. The van der Waals surface area contributed by atoms with E-state index in [1.165, 1.54) is 6.07 Å². The summed E-state index contributed by atoms with van der Waals surface area (Å²) < 4.78 is 47.0. The molecular weight excluding hydrogens is 497 g/mol. The van der Waals surface area contributed by atoms with Crippen molar-refractivity contribution in [2.24, 2.45) is 5.92 Å². The van der Waals surface area contributed by atoms with Gasteiger partial charge in [-0.25, -0.2) is 4.79 Å². The average molecular weight is 525 g/mol. The predicted octanol–water partition coefficient (Wildman–Crippen LogP) is 5.39. The molecule has 0 saturated heterocycles. The first-order valence-corrected chi connectivity index (χ1v) is 12.4. The molecule has 1 saturated carbocycles. The second kappa shape index (κ2) is 9.54. The summed E-state index contributed by atoms with van der Waals surface area (Å²) in [7, 11) is 0. The summed E-state index contributed by atoms with van der Waals surface area (Å²) in [6, 6.07) is 17.4. The number of anilines is 1. The number of aliphatic hydroxyl groups is 1. The molecule has 3 aromatic rings. The summed E-state index contributed by atoms with van der Waals surface area (Å²) in [6.07, 6.45) is -3.94. The van der Waals surface area contributed by atoms with Crippen molar-refractivity contribution >= 4 is 17.6 Å². The van der Waals surface area contributed by atoms with E-state index in [0.717, 1.165) is 5.56 Å². The average Bonchev–Trinajstić information content (AvgIpc) is 3.00. The van der Waals surface area contributed by atoms with Crippen LogP contribution in [0.4, 0.5) is 18.9 Å². The number of cyclic esters (lactones) is 1. The van der Waals surface area contributed by atoms with Crippen molar-refractivity contribution in [1.82, 2.24) is 4.98 Å². The van der Waals surface area contributed by atoms with Gasteiger partial charge in [-0.1, -0.05) is 36.4 Å². The predicted molar refractivity (Wildman–Crippen MR) is 134 cm³/mol. The number of amides is 1. The van der Waals surface area contributed by atoms with E-state index in [-0.39, 0.29) is 24.2 Å². The number of nitrogens with one attached hydrogen (secondary N) is 1. The van der Waals surface area contributed by atoms with Gasteiger partial charge < -0.3 is 15.2 Å². The lowest BCUT2D eigenvalue weighted by Gasteiger charge is -2.49. The van der Waals surface area contributed by atoms with Crippen molar-refractivity contribution < 1.29 is 32.6 Å². The van der Waals surface area contributed by atoms with Gasteiger partial charge in [-0.3, -0.25) is 9.78 Å². The number of fused-ring (bicyclic) bond motifs is 3. The number of aromatic nitrogens is 1. The first-order valence-electron chi connectivity index (χ1n) is 12.4. The molecule has 0 bridgehead atoms. The Bertz CT molecular complexity index is 1380. The number of hydrogen-bond donors (Lipinski definition) is 2. The van der Waals surface area contributed by atoms with Gasteiger partial charge in [0.15, 0.2) is 5.60 Å². The molecule has 1 aliphatic heterocycles. The first-order chi connectivity index (χ1) is 18.0. The van der Waals surface area contributed by atoms with E-state index in [1.54, 1.807) is 37.4 Å². The van der Waals surface area contributed by atoms with Crippen LogP contribution >= 0.6 is 0 Å². The molecule has 3 atom stereocenters. The van der Waals surface area contributed by atoms with Crippen LogP contribution in [0.1, 0.15) is 56.8 Å². The molecule has 1 aliphatic carbocycles. The summed E-state index contributed by atoms with van der Waals surface area (Å²) >= 11 is 0. The van der Waals surface area contributed by atoms with E-state index in [4.69, 9.17) is 4.74 Å². The van der Waals surface area contributed by atoms with Crippen LogP contribution in [0.2, 0.25) is 0 Å². The van der Waals surface area contributed by atoms with E-state index in [0.29, 0.717) is 23.4 Å². The molecular formula is C29H27F3N2O4. The highest BCUT2D eigenvalue weighted by Crippen LogP contribution is 2.55. The standard InChI is InChI=1S/C29H27F3N2O4/c1-18-24(8-5-13-33-18)34-25(35)20-9-10-23-22(14-20)26(36)38-17-21-16-28(37,29(30,31)32)12-11-27(21,23)15-19-6-3-2-4-7-19/h2-10,13-14,21,37H,11-12,15-17H2,1H3,(H,34,35). The molecule has 1 fully saturated rings. The Balaban J connectivity index is 1.58. The van der Waals surface area contributed by atoms with Gasteiger partial charge in [-0.05, 0) is 68.0 Å². The van der Waals surface area contributed by atoms with Crippen molar-refractivity contribution in [3.8, 4) is 0 Å². The Morgan fingerprint density at radius 3 is 2.61 bits per heavy atom. The number of carbonyl (C=O) groups is 2. The molecule has 0 spiro atoms. The van der Waals surface area contributed by atoms with Crippen molar-refractivity contribution in [2.45, 2.75) is 49.8 Å². The molecule has 2 aliphatic rings. The quantitative estimate of drug-likeness (QED) is 0.447. The van der Waals surface area contributed by atoms with Crippen LogP contribution in [0.5, 0.6) is 0 Å². The van der Waals surface area contributed by atoms with Crippen molar-refractivity contribution in [2.75, 3.05) is 11.9 Å². The van der Waals surface area contributed by atoms with Gasteiger partial charge in [0, 0.05) is 23.1 Å².